The Morgan fingerprint density at radius 1 is 0.963 bits per heavy atom. The average Bonchev–Trinajstić information content (AvgIpc) is 2.56. The Morgan fingerprint density at radius 2 is 1.56 bits per heavy atom. The molecule has 0 aliphatic heterocycles. The van der Waals surface area contributed by atoms with Gasteiger partial charge in [0.25, 0.3) is 0 Å². The number of benzene rings is 2. The maximum Gasteiger partial charge on any atom is 0.240 e. The van der Waals surface area contributed by atoms with E-state index in [9.17, 15) is 13.2 Å². The molecule has 0 aliphatic rings. The summed E-state index contributed by atoms with van der Waals surface area (Å²) in [6, 6.07) is 13.8. The monoisotopic (exact) mass is 388 g/mol. The van der Waals surface area contributed by atoms with Gasteiger partial charge in [0.05, 0.1) is 11.9 Å². The van der Waals surface area contributed by atoms with Gasteiger partial charge < -0.3 is 5.32 Å². The number of aryl methyl sites for hydroxylation is 4. The molecule has 0 unspecified atom stereocenters. The van der Waals surface area contributed by atoms with Crippen LogP contribution in [-0.4, -0.2) is 33.7 Å². The summed E-state index contributed by atoms with van der Waals surface area (Å²) in [5.41, 5.74) is 4.88. The second kappa shape index (κ2) is 9.04. The van der Waals surface area contributed by atoms with Gasteiger partial charge in [0.15, 0.2) is 0 Å². The zero-order valence-electron chi connectivity index (χ0n) is 16.5. The molecule has 0 heterocycles. The summed E-state index contributed by atoms with van der Waals surface area (Å²) in [6.45, 7) is 6.15. The number of sulfonamides is 1. The van der Waals surface area contributed by atoms with Crippen molar-refractivity contribution in [2.45, 2.75) is 33.6 Å². The van der Waals surface area contributed by atoms with Crippen molar-refractivity contribution in [1.29, 1.82) is 0 Å². The van der Waals surface area contributed by atoms with E-state index in [0.717, 1.165) is 34.5 Å². The summed E-state index contributed by atoms with van der Waals surface area (Å²) >= 11 is 0. The van der Waals surface area contributed by atoms with Crippen molar-refractivity contribution in [3.63, 3.8) is 0 Å². The number of hydrogen-bond donors (Lipinski definition) is 1. The maximum atomic E-state index is 12.3. The largest absolute Gasteiger partial charge is 0.355 e. The summed E-state index contributed by atoms with van der Waals surface area (Å²) in [6.07, 6.45) is 2.79. The Hall–Kier alpha value is -2.34. The smallest absolute Gasteiger partial charge is 0.240 e. The predicted octanol–water partition coefficient (Wildman–Crippen LogP) is 3.13. The molecular weight excluding hydrogens is 360 g/mol. The van der Waals surface area contributed by atoms with Crippen LogP contribution in [0.2, 0.25) is 0 Å². The van der Waals surface area contributed by atoms with Crippen LogP contribution in [0.25, 0.3) is 0 Å². The lowest BCUT2D eigenvalue weighted by Gasteiger charge is -2.22. The molecule has 0 spiro atoms. The van der Waals surface area contributed by atoms with Crippen molar-refractivity contribution in [1.82, 2.24) is 5.32 Å². The molecule has 0 radical (unpaired) electrons. The fourth-order valence-corrected chi connectivity index (χ4v) is 3.80. The molecule has 146 valence electrons. The first kappa shape index (κ1) is 21.0. The van der Waals surface area contributed by atoms with Gasteiger partial charge in [-0.25, -0.2) is 8.42 Å². The van der Waals surface area contributed by atoms with Crippen LogP contribution >= 0.6 is 0 Å². The van der Waals surface area contributed by atoms with Gasteiger partial charge in [-0.3, -0.25) is 9.10 Å². The van der Waals surface area contributed by atoms with E-state index in [-0.39, 0.29) is 12.5 Å². The lowest BCUT2D eigenvalue weighted by atomic mass is 10.1. The number of nitrogens with one attached hydrogen (secondary N) is 1. The Balaban J connectivity index is 1.93. The Kier molecular flexibility index (Phi) is 7.02. The number of amides is 1. The number of hydrogen-bond acceptors (Lipinski definition) is 3. The number of carbonyl (C=O) groups excluding carboxylic acids is 1. The van der Waals surface area contributed by atoms with E-state index in [1.165, 1.54) is 11.1 Å². The molecule has 2 aromatic carbocycles. The van der Waals surface area contributed by atoms with Crippen molar-refractivity contribution >= 4 is 21.6 Å². The van der Waals surface area contributed by atoms with E-state index in [4.69, 9.17) is 0 Å². The van der Waals surface area contributed by atoms with Gasteiger partial charge >= 0.3 is 0 Å². The molecule has 1 amide bonds. The van der Waals surface area contributed by atoms with Crippen molar-refractivity contribution in [3.8, 4) is 0 Å². The molecule has 0 aliphatic carbocycles. The molecular formula is C21H28N2O3S. The van der Waals surface area contributed by atoms with Gasteiger partial charge in [-0.2, -0.15) is 0 Å². The van der Waals surface area contributed by atoms with Crippen LogP contribution < -0.4 is 9.62 Å². The molecule has 0 atom stereocenters. The number of anilines is 1. The highest BCUT2D eigenvalue weighted by molar-refractivity contribution is 7.92. The standard InChI is InChI=1S/C21H28N2O3S/c1-16-7-9-19(10-8-16)6-5-11-22-21(24)15-23(27(4,25)26)20-13-17(2)12-18(3)14-20/h7-10,12-14H,5-6,11,15H2,1-4H3,(H,22,24). The topological polar surface area (TPSA) is 66.5 Å². The molecule has 0 saturated carbocycles. The molecule has 0 aromatic heterocycles. The van der Waals surface area contributed by atoms with E-state index in [2.05, 4.69) is 29.6 Å². The molecule has 2 aromatic rings. The summed E-state index contributed by atoms with van der Waals surface area (Å²) in [5, 5.41) is 2.82. The number of carbonyl (C=O) groups is 1. The SMILES string of the molecule is Cc1ccc(CCCNC(=O)CN(c2cc(C)cc(C)c2)S(C)(=O)=O)cc1. The highest BCUT2D eigenvalue weighted by Crippen LogP contribution is 2.21. The molecule has 1 N–H and O–H groups in total. The first-order chi connectivity index (χ1) is 12.6. The molecule has 6 heteroatoms. The van der Waals surface area contributed by atoms with Crippen molar-refractivity contribution in [3.05, 3.63) is 64.7 Å². The van der Waals surface area contributed by atoms with E-state index in [1.54, 1.807) is 12.1 Å². The van der Waals surface area contributed by atoms with Gasteiger partial charge in [-0.1, -0.05) is 35.9 Å². The summed E-state index contributed by atoms with van der Waals surface area (Å²) in [4.78, 5) is 12.3. The minimum absolute atomic E-state index is 0.216. The number of nitrogens with zero attached hydrogens (tertiary/aromatic N) is 1. The van der Waals surface area contributed by atoms with Crippen molar-refractivity contribution in [2.24, 2.45) is 0 Å². The molecule has 5 nitrogen and oxygen atoms in total. The summed E-state index contributed by atoms with van der Waals surface area (Å²) in [5.74, 6) is -0.302. The van der Waals surface area contributed by atoms with E-state index >= 15 is 0 Å². The fourth-order valence-electron chi connectivity index (χ4n) is 2.96. The first-order valence-corrected chi connectivity index (χ1v) is 10.9. The maximum absolute atomic E-state index is 12.3. The Morgan fingerprint density at radius 3 is 2.11 bits per heavy atom. The normalized spacial score (nSPS) is 11.3. The van der Waals surface area contributed by atoms with Gasteiger partial charge in [0.1, 0.15) is 6.54 Å². The van der Waals surface area contributed by atoms with Crippen molar-refractivity contribution < 1.29 is 13.2 Å². The zero-order valence-corrected chi connectivity index (χ0v) is 17.3. The third-order valence-electron chi connectivity index (χ3n) is 4.27. The quantitative estimate of drug-likeness (QED) is 0.707. The van der Waals surface area contributed by atoms with Crippen LogP contribution in [0.1, 0.15) is 28.7 Å². The third kappa shape index (κ3) is 6.71. The predicted molar refractivity (Wildman–Crippen MR) is 111 cm³/mol. The lowest BCUT2D eigenvalue weighted by Crippen LogP contribution is -2.40. The summed E-state index contributed by atoms with van der Waals surface area (Å²) in [7, 11) is -3.55. The number of rotatable bonds is 8. The highest BCUT2D eigenvalue weighted by atomic mass is 32.2. The second-order valence-electron chi connectivity index (χ2n) is 7.05. The molecule has 0 bridgehead atoms. The minimum Gasteiger partial charge on any atom is -0.355 e. The average molecular weight is 389 g/mol. The van der Waals surface area contributed by atoms with Crippen LogP contribution in [0.15, 0.2) is 42.5 Å². The molecule has 27 heavy (non-hydrogen) atoms. The molecule has 0 saturated heterocycles. The fraction of sp³-hybridized carbons (Fsp3) is 0.381. The first-order valence-electron chi connectivity index (χ1n) is 9.03. The van der Waals surface area contributed by atoms with E-state index in [1.807, 2.05) is 26.8 Å². The Labute approximate surface area is 162 Å². The van der Waals surface area contributed by atoms with Crippen molar-refractivity contribution in [2.75, 3.05) is 23.7 Å². The summed E-state index contributed by atoms with van der Waals surface area (Å²) < 4.78 is 25.5. The van der Waals surface area contributed by atoms with Crippen LogP contribution in [0.4, 0.5) is 5.69 Å². The molecule has 2 rings (SSSR count). The van der Waals surface area contributed by atoms with Gasteiger partial charge in [0.2, 0.25) is 15.9 Å². The van der Waals surface area contributed by atoms with E-state index < -0.39 is 10.0 Å². The highest BCUT2D eigenvalue weighted by Gasteiger charge is 2.21. The van der Waals surface area contributed by atoms with Crippen LogP contribution in [0.3, 0.4) is 0 Å². The second-order valence-corrected chi connectivity index (χ2v) is 8.96. The lowest BCUT2D eigenvalue weighted by molar-refractivity contribution is -0.119. The minimum atomic E-state index is -3.55. The van der Waals surface area contributed by atoms with Gasteiger partial charge in [-0.05, 0) is 62.4 Å². The Bertz CT molecular complexity index is 870. The van der Waals surface area contributed by atoms with Crippen LogP contribution in [0, 0.1) is 20.8 Å². The van der Waals surface area contributed by atoms with Crippen LogP contribution in [-0.2, 0) is 21.2 Å². The van der Waals surface area contributed by atoms with Gasteiger partial charge in [0, 0.05) is 6.54 Å². The molecule has 0 fully saturated rings. The zero-order chi connectivity index (χ0) is 20.0. The third-order valence-corrected chi connectivity index (χ3v) is 5.41. The van der Waals surface area contributed by atoms with E-state index in [0.29, 0.717) is 12.2 Å². The van der Waals surface area contributed by atoms with Crippen LogP contribution in [0.5, 0.6) is 0 Å². The van der Waals surface area contributed by atoms with Gasteiger partial charge in [-0.15, -0.1) is 0 Å².